The van der Waals surface area contributed by atoms with Crippen LogP contribution in [0.3, 0.4) is 0 Å². The van der Waals surface area contributed by atoms with Gasteiger partial charge in [0.2, 0.25) is 5.91 Å². The summed E-state index contributed by atoms with van der Waals surface area (Å²) in [7, 11) is 4.06. The number of hydrogen-bond donors (Lipinski definition) is 1. The van der Waals surface area contributed by atoms with Crippen LogP contribution in [0.4, 0.5) is 0 Å². The third kappa shape index (κ3) is 3.02. The molecule has 1 aromatic rings. The van der Waals surface area contributed by atoms with Gasteiger partial charge in [-0.05, 0) is 69.0 Å². The Bertz CT molecular complexity index is 491. The number of nitrogens with zero attached hydrogens (tertiary/aromatic N) is 1. The SMILES string of the molecule is CNC1CCC(N(C)C(=O)C2CCCc3sccc32)CC1. The highest BCUT2D eigenvalue weighted by Gasteiger charge is 2.33. The van der Waals surface area contributed by atoms with Gasteiger partial charge < -0.3 is 10.2 Å². The van der Waals surface area contributed by atoms with Gasteiger partial charge in [-0.15, -0.1) is 11.3 Å². The average molecular weight is 306 g/mol. The largest absolute Gasteiger partial charge is 0.342 e. The fourth-order valence-electron chi connectivity index (χ4n) is 3.92. The van der Waals surface area contributed by atoms with E-state index >= 15 is 0 Å². The van der Waals surface area contributed by atoms with Crippen molar-refractivity contribution in [3.05, 3.63) is 21.9 Å². The molecule has 0 spiro atoms. The van der Waals surface area contributed by atoms with Gasteiger partial charge in [-0.2, -0.15) is 0 Å². The topological polar surface area (TPSA) is 32.3 Å². The maximum absolute atomic E-state index is 12.9. The maximum Gasteiger partial charge on any atom is 0.230 e. The lowest BCUT2D eigenvalue weighted by Gasteiger charge is -2.37. The molecule has 4 heteroatoms. The lowest BCUT2D eigenvalue weighted by atomic mass is 9.85. The molecule has 3 rings (SSSR count). The maximum atomic E-state index is 12.9. The van der Waals surface area contributed by atoms with Crippen LogP contribution in [0, 0.1) is 0 Å². The number of nitrogens with one attached hydrogen (secondary N) is 1. The molecule has 0 saturated heterocycles. The molecule has 0 aromatic carbocycles. The number of fused-ring (bicyclic) bond motifs is 1. The predicted octanol–water partition coefficient (Wildman–Crippen LogP) is 3.16. The molecule has 1 atom stereocenters. The molecule has 1 fully saturated rings. The first-order valence-electron chi connectivity index (χ1n) is 8.21. The van der Waals surface area contributed by atoms with E-state index in [0.717, 1.165) is 32.1 Å². The fraction of sp³-hybridized carbons (Fsp3) is 0.706. The van der Waals surface area contributed by atoms with Crippen molar-refractivity contribution in [3.63, 3.8) is 0 Å². The number of likely N-dealkylation sites (N-methyl/N-ethyl adjacent to an activating group) is 1. The van der Waals surface area contributed by atoms with Crippen molar-refractivity contribution >= 4 is 17.2 Å². The minimum Gasteiger partial charge on any atom is -0.342 e. The summed E-state index contributed by atoms with van der Waals surface area (Å²) in [5.41, 5.74) is 1.31. The average Bonchev–Trinajstić information content (AvgIpc) is 3.02. The lowest BCUT2D eigenvalue weighted by Crippen LogP contribution is -2.44. The van der Waals surface area contributed by atoms with E-state index in [1.165, 1.54) is 23.3 Å². The number of amides is 1. The highest BCUT2D eigenvalue weighted by Crippen LogP contribution is 2.37. The Morgan fingerprint density at radius 1 is 1.29 bits per heavy atom. The molecular formula is C17H26N2OS. The van der Waals surface area contributed by atoms with Gasteiger partial charge in [0.05, 0.1) is 5.92 Å². The van der Waals surface area contributed by atoms with E-state index in [0.29, 0.717) is 18.0 Å². The first kappa shape index (κ1) is 15.0. The van der Waals surface area contributed by atoms with Crippen molar-refractivity contribution in [1.29, 1.82) is 0 Å². The number of aryl methyl sites for hydroxylation is 1. The second kappa shape index (κ2) is 6.49. The summed E-state index contributed by atoms with van der Waals surface area (Å²) < 4.78 is 0. The molecule has 1 heterocycles. The zero-order chi connectivity index (χ0) is 14.8. The second-order valence-corrected chi connectivity index (χ2v) is 7.49. The summed E-state index contributed by atoms with van der Waals surface area (Å²) >= 11 is 1.82. The predicted molar refractivity (Wildman–Crippen MR) is 87.9 cm³/mol. The summed E-state index contributed by atoms with van der Waals surface area (Å²) in [6.45, 7) is 0. The Morgan fingerprint density at radius 3 is 2.76 bits per heavy atom. The van der Waals surface area contributed by atoms with Crippen LogP contribution in [0.5, 0.6) is 0 Å². The van der Waals surface area contributed by atoms with Crippen molar-refractivity contribution in [2.45, 2.75) is 62.9 Å². The lowest BCUT2D eigenvalue weighted by molar-refractivity contribution is -0.134. The third-order valence-electron chi connectivity index (χ3n) is 5.35. The highest BCUT2D eigenvalue weighted by molar-refractivity contribution is 7.10. The van der Waals surface area contributed by atoms with Crippen LogP contribution in [0.15, 0.2) is 11.4 Å². The zero-order valence-corrected chi connectivity index (χ0v) is 13.9. The molecule has 116 valence electrons. The fourth-order valence-corrected chi connectivity index (χ4v) is 4.91. The first-order chi connectivity index (χ1) is 10.2. The van der Waals surface area contributed by atoms with Gasteiger partial charge in [0, 0.05) is 24.0 Å². The minimum atomic E-state index is 0.118. The molecular weight excluding hydrogens is 280 g/mol. The molecule has 1 amide bonds. The van der Waals surface area contributed by atoms with Gasteiger partial charge in [-0.3, -0.25) is 4.79 Å². The molecule has 1 unspecified atom stereocenters. The molecule has 0 radical (unpaired) electrons. The van der Waals surface area contributed by atoms with E-state index in [-0.39, 0.29) is 5.92 Å². The van der Waals surface area contributed by atoms with Gasteiger partial charge in [0.25, 0.3) is 0 Å². The highest BCUT2D eigenvalue weighted by atomic mass is 32.1. The van der Waals surface area contributed by atoms with Crippen LogP contribution in [0.2, 0.25) is 0 Å². The van der Waals surface area contributed by atoms with Crippen LogP contribution in [0.1, 0.15) is 54.9 Å². The Balaban J connectivity index is 1.66. The standard InChI is InChI=1S/C17H26N2OS/c1-18-12-6-8-13(9-7-12)19(2)17(20)15-4-3-5-16-14(15)10-11-21-16/h10-13,15,18H,3-9H2,1-2H3. The normalized spacial score (nSPS) is 29.0. The van der Waals surface area contributed by atoms with Crippen molar-refractivity contribution in [3.8, 4) is 0 Å². The number of carbonyl (C=O) groups is 1. The van der Waals surface area contributed by atoms with Crippen molar-refractivity contribution in [2.75, 3.05) is 14.1 Å². The smallest absolute Gasteiger partial charge is 0.230 e. The van der Waals surface area contributed by atoms with E-state index in [1.54, 1.807) is 0 Å². The summed E-state index contributed by atoms with van der Waals surface area (Å²) in [6, 6.07) is 3.25. The minimum absolute atomic E-state index is 0.118. The molecule has 1 saturated carbocycles. The summed E-state index contributed by atoms with van der Waals surface area (Å²) in [5, 5.41) is 5.51. The van der Waals surface area contributed by atoms with Crippen molar-refractivity contribution in [1.82, 2.24) is 10.2 Å². The molecule has 1 aromatic heterocycles. The van der Waals surface area contributed by atoms with E-state index in [2.05, 4.69) is 21.7 Å². The first-order valence-corrected chi connectivity index (χ1v) is 9.09. The Kier molecular flexibility index (Phi) is 4.65. The van der Waals surface area contributed by atoms with Crippen LogP contribution in [-0.2, 0) is 11.2 Å². The second-order valence-electron chi connectivity index (χ2n) is 6.49. The molecule has 0 aliphatic heterocycles. The zero-order valence-electron chi connectivity index (χ0n) is 13.1. The van der Waals surface area contributed by atoms with E-state index in [1.807, 2.05) is 25.4 Å². The number of rotatable bonds is 3. The van der Waals surface area contributed by atoms with Crippen LogP contribution < -0.4 is 5.32 Å². The van der Waals surface area contributed by atoms with Gasteiger partial charge >= 0.3 is 0 Å². The van der Waals surface area contributed by atoms with Gasteiger partial charge in [-0.1, -0.05) is 0 Å². The summed E-state index contributed by atoms with van der Waals surface area (Å²) in [6.07, 6.45) is 7.99. The summed E-state index contributed by atoms with van der Waals surface area (Å²) in [5.74, 6) is 0.467. The Morgan fingerprint density at radius 2 is 2.05 bits per heavy atom. The van der Waals surface area contributed by atoms with Crippen LogP contribution in [0.25, 0.3) is 0 Å². The van der Waals surface area contributed by atoms with Crippen LogP contribution in [-0.4, -0.2) is 37.0 Å². The van der Waals surface area contributed by atoms with E-state index < -0.39 is 0 Å². The quantitative estimate of drug-likeness (QED) is 0.930. The van der Waals surface area contributed by atoms with Crippen LogP contribution >= 0.6 is 11.3 Å². The number of carbonyl (C=O) groups excluding carboxylic acids is 1. The molecule has 3 nitrogen and oxygen atoms in total. The molecule has 1 N–H and O–H groups in total. The van der Waals surface area contributed by atoms with Crippen molar-refractivity contribution < 1.29 is 4.79 Å². The van der Waals surface area contributed by atoms with Crippen molar-refractivity contribution in [2.24, 2.45) is 0 Å². The number of thiophene rings is 1. The Hall–Kier alpha value is -0.870. The van der Waals surface area contributed by atoms with E-state index in [4.69, 9.17) is 0 Å². The molecule has 2 aliphatic rings. The molecule has 2 aliphatic carbocycles. The van der Waals surface area contributed by atoms with Gasteiger partial charge in [0.15, 0.2) is 0 Å². The number of hydrogen-bond acceptors (Lipinski definition) is 3. The van der Waals surface area contributed by atoms with E-state index in [9.17, 15) is 4.79 Å². The third-order valence-corrected chi connectivity index (χ3v) is 6.35. The van der Waals surface area contributed by atoms with Gasteiger partial charge in [-0.25, -0.2) is 0 Å². The summed E-state index contributed by atoms with van der Waals surface area (Å²) in [4.78, 5) is 16.4. The molecule has 0 bridgehead atoms. The van der Waals surface area contributed by atoms with Gasteiger partial charge in [0.1, 0.15) is 0 Å². The Labute approximate surface area is 131 Å². The molecule has 21 heavy (non-hydrogen) atoms. The monoisotopic (exact) mass is 306 g/mol.